The Balaban J connectivity index is 1.71. The molecule has 3 unspecified atom stereocenters. The van der Waals surface area contributed by atoms with Crippen LogP contribution in [0.15, 0.2) is 0 Å². The molecule has 0 bridgehead atoms. The summed E-state index contributed by atoms with van der Waals surface area (Å²) in [5.74, 6) is 1.63. The lowest BCUT2D eigenvalue weighted by Gasteiger charge is -2.28. The minimum Gasteiger partial charge on any atom is -0.355 e. The number of hydrogen-bond donors (Lipinski definition) is 2. The van der Waals surface area contributed by atoms with Crippen molar-refractivity contribution in [2.75, 3.05) is 19.0 Å². The predicted octanol–water partition coefficient (Wildman–Crippen LogP) is 1.51. The van der Waals surface area contributed by atoms with Crippen molar-refractivity contribution in [1.82, 2.24) is 10.6 Å². The number of carbonyl (C=O) groups excluding carboxylic acids is 1. The van der Waals surface area contributed by atoms with Crippen molar-refractivity contribution in [3.63, 3.8) is 0 Å². The zero-order valence-corrected chi connectivity index (χ0v) is 10.4. The maximum Gasteiger partial charge on any atom is 0.234 e. The number of rotatable bonds is 4. The van der Waals surface area contributed by atoms with Crippen LogP contribution in [0.25, 0.3) is 0 Å². The van der Waals surface area contributed by atoms with Crippen LogP contribution < -0.4 is 10.6 Å². The lowest BCUT2D eigenvalue weighted by atomic mass is 9.79. The summed E-state index contributed by atoms with van der Waals surface area (Å²) >= 11 is 5.43. The van der Waals surface area contributed by atoms with Gasteiger partial charge in [-0.2, -0.15) is 0 Å². The van der Waals surface area contributed by atoms with Crippen LogP contribution in [0.4, 0.5) is 0 Å². The molecule has 1 aliphatic carbocycles. The molecule has 16 heavy (non-hydrogen) atoms. The van der Waals surface area contributed by atoms with Gasteiger partial charge in [-0.15, -0.1) is 11.6 Å². The van der Waals surface area contributed by atoms with Crippen molar-refractivity contribution in [1.29, 1.82) is 0 Å². The van der Waals surface area contributed by atoms with Crippen LogP contribution in [0.2, 0.25) is 0 Å². The van der Waals surface area contributed by atoms with E-state index in [4.69, 9.17) is 11.6 Å². The van der Waals surface area contributed by atoms with Gasteiger partial charge in [0.25, 0.3) is 0 Å². The Morgan fingerprint density at radius 2 is 2.19 bits per heavy atom. The van der Waals surface area contributed by atoms with Crippen molar-refractivity contribution >= 4 is 17.5 Å². The summed E-state index contributed by atoms with van der Waals surface area (Å²) in [6.45, 7) is 1.91. The third-order valence-electron chi connectivity index (χ3n) is 4.03. The van der Waals surface area contributed by atoms with Gasteiger partial charge in [-0.3, -0.25) is 4.79 Å². The first-order valence-corrected chi connectivity index (χ1v) is 6.90. The molecule has 0 spiro atoms. The molecule has 92 valence electrons. The first-order chi connectivity index (χ1) is 7.81. The summed E-state index contributed by atoms with van der Waals surface area (Å²) in [7, 11) is 0. The number of halogens is 1. The Bertz CT molecular complexity index is 247. The quantitative estimate of drug-likeness (QED) is 0.737. The minimum absolute atomic E-state index is 0.0483. The molecule has 1 saturated carbocycles. The van der Waals surface area contributed by atoms with Gasteiger partial charge in [-0.1, -0.05) is 12.8 Å². The van der Waals surface area contributed by atoms with Crippen LogP contribution in [0.1, 0.15) is 32.1 Å². The van der Waals surface area contributed by atoms with Gasteiger partial charge in [0, 0.05) is 12.6 Å². The molecule has 0 aromatic heterocycles. The highest BCUT2D eigenvalue weighted by atomic mass is 35.5. The maximum atomic E-state index is 11.0. The highest BCUT2D eigenvalue weighted by molar-refractivity contribution is 6.27. The molecule has 0 aromatic carbocycles. The molecule has 3 nitrogen and oxygen atoms in total. The summed E-state index contributed by atoms with van der Waals surface area (Å²) in [5, 5.41) is 6.48. The van der Waals surface area contributed by atoms with E-state index in [0.717, 1.165) is 37.4 Å². The number of alkyl halides is 1. The van der Waals surface area contributed by atoms with Gasteiger partial charge < -0.3 is 10.6 Å². The van der Waals surface area contributed by atoms with Gasteiger partial charge in [0.1, 0.15) is 5.88 Å². The van der Waals surface area contributed by atoms with Crippen molar-refractivity contribution in [3.05, 3.63) is 0 Å². The van der Waals surface area contributed by atoms with Gasteiger partial charge in [0.2, 0.25) is 5.91 Å². The molecule has 2 rings (SSSR count). The van der Waals surface area contributed by atoms with Crippen LogP contribution in [-0.4, -0.2) is 30.9 Å². The van der Waals surface area contributed by atoms with Crippen LogP contribution in [0.3, 0.4) is 0 Å². The van der Waals surface area contributed by atoms with E-state index in [-0.39, 0.29) is 11.8 Å². The normalized spacial score (nSPS) is 33.4. The number of fused-ring (bicyclic) bond motifs is 1. The van der Waals surface area contributed by atoms with Crippen molar-refractivity contribution in [2.24, 2.45) is 11.8 Å². The standard InChI is InChI=1S/C12H21ClN2O/c13-7-12(16)14-6-5-9-8-15-11-4-2-1-3-10(9)11/h9-11,15H,1-8H2,(H,14,16). The van der Waals surface area contributed by atoms with Crippen molar-refractivity contribution < 1.29 is 4.79 Å². The van der Waals surface area contributed by atoms with E-state index in [9.17, 15) is 4.79 Å². The second-order valence-electron chi connectivity index (χ2n) is 5.00. The second kappa shape index (κ2) is 5.87. The smallest absolute Gasteiger partial charge is 0.234 e. The molecule has 0 radical (unpaired) electrons. The van der Waals surface area contributed by atoms with Crippen LogP contribution >= 0.6 is 11.6 Å². The monoisotopic (exact) mass is 244 g/mol. The Labute approximate surface area is 102 Å². The van der Waals surface area contributed by atoms with Crippen LogP contribution in [0.5, 0.6) is 0 Å². The lowest BCUT2D eigenvalue weighted by molar-refractivity contribution is -0.118. The number of nitrogens with one attached hydrogen (secondary N) is 2. The predicted molar refractivity (Wildman–Crippen MR) is 65.6 cm³/mol. The molecule has 2 fully saturated rings. The van der Waals surface area contributed by atoms with E-state index in [1.807, 2.05) is 0 Å². The summed E-state index contributed by atoms with van der Waals surface area (Å²) in [6, 6.07) is 0.752. The summed E-state index contributed by atoms with van der Waals surface area (Å²) in [6.07, 6.45) is 6.56. The molecular formula is C12H21ClN2O. The maximum absolute atomic E-state index is 11.0. The van der Waals surface area contributed by atoms with Gasteiger partial charge in [0.15, 0.2) is 0 Å². The molecule has 1 aliphatic heterocycles. The minimum atomic E-state index is -0.0483. The molecular weight excluding hydrogens is 224 g/mol. The van der Waals surface area contributed by atoms with Crippen molar-refractivity contribution in [2.45, 2.75) is 38.1 Å². The topological polar surface area (TPSA) is 41.1 Å². The highest BCUT2D eigenvalue weighted by Gasteiger charge is 2.36. The molecule has 2 N–H and O–H groups in total. The van der Waals surface area contributed by atoms with Gasteiger partial charge in [-0.05, 0) is 37.6 Å². The van der Waals surface area contributed by atoms with Gasteiger partial charge in [-0.25, -0.2) is 0 Å². The zero-order valence-electron chi connectivity index (χ0n) is 9.68. The number of carbonyl (C=O) groups is 1. The summed E-state index contributed by atoms with van der Waals surface area (Å²) in [5.41, 5.74) is 0. The fourth-order valence-corrected chi connectivity index (χ4v) is 3.29. The Hall–Kier alpha value is -0.280. The summed E-state index contributed by atoms with van der Waals surface area (Å²) in [4.78, 5) is 11.0. The fourth-order valence-electron chi connectivity index (χ4n) is 3.19. The first-order valence-electron chi connectivity index (χ1n) is 6.37. The Morgan fingerprint density at radius 3 is 3.00 bits per heavy atom. The fraction of sp³-hybridized carbons (Fsp3) is 0.917. The number of amides is 1. The summed E-state index contributed by atoms with van der Waals surface area (Å²) < 4.78 is 0. The van der Waals surface area contributed by atoms with Gasteiger partial charge in [0.05, 0.1) is 0 Å². The zero-order chi connectivity index (χ0) is 11.4. The van der Waals surface area contributed by atoms with Gasteiger partial charge >= 0.3 is 0 Å². The van der Waals surface area contributed by atoms with Crippen LogP contribution in [0, 0.1) is 11.8 Å². The molecule has 4 heteroatoms. The molecule has 3 atom stereocenters. The lowest BCUT2D eigenvalue weighted by Crippen LogP contribution is -2.31. The largest absolute Gasteiger partial charge is 0.355 e. The third kappa shape index (κ3) is 2.89. The third-order valence-corrected chi connectivity index (χ3v) is 4.27. The van der Waals surface area contributed by atoms with E-state index in [1.54, 1.807) is 0 Å². The molecule has 0 aromatic rings. The average molecular weight is 245 g/mol. The van der Waals surface area contributed by atoms with E-state index >= 15 is 0 Å². The molecule has 1 saturated heterocycles. The van der Waals surface area contributed by atoms with Crippen molar-refractivity contribution in [3.8, 4) is 0 Å². The van der Waals surface area contributed by atoms with E-state index in [1.165, 1.54) is 25.7 Å². The number of hydrogen-bond acceptors (Lipinski definition) is 2. The Morgan fingerprint density at radius 1 is 1.38 bits per heavy atom. The first kappa shape index (κ1) is 12.2. The molecule has 2 aliphatic rings. The second-order valence-corrected chi connectivity index (χ2v) is 5.26. The molecule has 1 amide bonds. The van der Waals surface area contributed by atoms with Crippen LogP contribution in [-0.2, 0) is 4.79 Å². The molecule has 1 heterocycles. The Kier molecular flexibility index (Phi) is 4.47. The highest BCUT2D eigenvalue weighted by Crippen LogP contribution is 2.35. The van der Waals surface area contributed by atoms with E-state index in [0.29, 0.717) is 0 Å². The SMILES string of the molecule is O=C(CCl)NCCC1CNC2CCCCC12. The van der Waals surface area contributed by atoms with E-state index < -0.39 is 0 Å². The van der Waals surface area contributed by atoms with E-state index in [2.05, 4.69) is 10.6 Å². The average Bonchev–Trinajstić information content (AvgIpc) is 2.73.